The Bertz CT molecular complexity index is 1670. The Kier molecular flexibility index (Phi) is 7.89. The van der Waals surface area contributed by atoms with Crippen LogP contribution in [0, 0.1) is 23.1 Å². The summed E-state index contributed by atoms with van der Waals surface area (Å²) in [5.41, 5.74) is -2.07. The van der Waals surface area contributed by atoms with E-state index in [0.717, 1.165) is 24.4 Å². The van der Waals surface area contributed by atoms with Gasteiger partial charge in [-0.1, -0.05) is 5.21 Å². The lowest BCUT2D eigenvalue weighted by molar-refractivity contribution is -0.137. The van der Waals surface area contributed by atoms with Crippen molar-refractivity contribution < 1.29 is 36.3 Å². The minimum absolute atomic E-state index is 0.0157. The van der Waals surface area contributed by atoms with Gasteiger partial charge in [0.15, 0.2) is 11.5 Å². The third kappa shape index (κ3) is 6.41. The van der Waals surface area contributed by atoms with Crippen molar-refractivity contribution in [2.75, 3.05) is 10.6 Å². The van der Waals surface area contributed by atoms with Crippen molar-refractivity contribution in [1.29, 1.82) is 5.26 Å². The summed E-state index contributed by atoms with van der Waals surface area (Å²) in [6.45, 7) is 1.31. The quantitative estimate of drug-likeness (QED) is 0.242. The number of nitrogens with zero attached hydrogens (tertiary/aromatic N) is 6. The molecule has 3 heterocycles. The molecule has 1 atom stereocenters. The van der Waals surface area contributed by atoms with Crippen LogP contribution in [-0.4, -0.2) is 37.0 Å². The number of rotatable bonds is 6. The number of benzene rings is 1. The SMILES string of the molecule is C[C@@H](OC(=O)Nc1c(-c2ccc(C(=O)Nc3ccc(C#N)c(C(F)(F)F)c3)cn2)nnn1C)c1cc(F)cnc1F. The van der Waals surface area contributed by atoms with Gasteiger partial charge in [0.05, 0.1) is 40.2 Å². The van der Waals surface area contributed by atoms with Crippen LogP contribution in [0.25, 0.3) is 11.4 Å². The molecular weight excluding hydrogens is 555 g/mol. The van der Waals surface area contributed by atoms with Gasteiger partial charge in [-0.15, -0.1) is 5.10 Å². The standard InChI is InChI=1S/C25H17F5N8O3/c1-12(17-7-15(26)11-33-21(17)27)41-24(40)35-22-20(36-37-38(22)2)19-6-4-14(10-32-19)23(39)34-16-5-3-13(9-31)18(8-16)25(28,29)30/h3-8,10-12H,1-2H3,(H,34,39)(H,35,40)/t12-/m1/s1. The van der Waals surface area contributed by atoms with Crippen LogP contribution >= 0.6 is 0 Å². The Labute approximate surface area is 227 Å². The number of aromatic nitrogens is 5. The third-order valence-electron chi connectivity index (χ3n) is 5.57. The number of nitriles is 1. The Morgan fingerprint density at radius 2 is 1.83 bits per heavy atom. The fourth-order valence-electron chi connectivity index (χ4n) is 3.57. The molecule has 0 aliphatic rings. The van der Waals surface area contributed by atoms with Crippen LogP contribution < -0.4 is 10.6 Å². The number of nitrogens with one attached hydrogen (secondary N) is 2. The average molecular weight is 572 g/mol. The van der Waals surface area contributed by atoms with E-state index < -0.39 is 47.2 Å². The second kappa shape index (κ2) is 11.3. The number of amides is 2. The highest BCUT2D eigenvalue weighted by Crippen LogP contribution is 2.33. The lowest BCUT2D eigenvalue weighted by Crippen LogP contribution is -2.19. The first-order valence-corrected chi connectivity index (χ1v) is 11.4. The number of alkyl halides is 3. The number of hydrogen-bond acceptors (Lipinski definition) is 8. The van der Waals surface area contributed by atoms with Crippen molar-refractivity contribution in [2.24, 2.45) is 7.05 Å². The van der Waals surface area contributed by atoms with Gasteiger partial charge in [0.2, 0.25) is 5.95 Å². The maximum Gasteiger partial charge on any atom is 0.417 e. The van der Waals surface area contributed by atoms with Crippen LogP contribution in [0.3, 0.4) is 0 Å². The number of hydrogen-bond donors (Lipinski definition) is 2. The zero-order valence-corrected chi connectivity index (χ0v) is 21.0. The fourth-order valence-corrected chi connectivity index (χ4v) is 3.57. The summed E-state index contributed by atoms with van der Waals surface area (Å²) >= 11 is 0. The molecule has 0 fully saturated rings. The number of ether oxygens (including phenoxy) is 1. The van der Waals surface area contributed by atoms with Crippen LogP contribution in [0.5, 0.6) is 0 Å². The monoisotopic (exact) mass is 572 g/mol. The molecule has 210 valence electrons. The van der Waals surface area contributed by atoms with E-state index in [0.29, 0.717) is 12.3 Å². The van der Waals surface area contributed by atoms with Gasteiger partial charge in [0.25, 0.3) is 5.91 Å². The minimum Gasteiger partial charge on any atom is -0.441 e. The van der Waals surface area contributed by atoms with E-state index in [1.165, 1.54) is 36.9 Å². The Hall–Kier alpha value is -5.46. The van der Waals surface area contributed by atoms with E-state index in [4.69, 9.17) is 10.00 Å². The molecule has 3 aromatic heterocycles. The highest BCUT2D eigenvalue weighted by Gasteiger charge is 2.34. The fraction of sp³-hybridized carbons (Fsp3) is 0.160. The van der Waals surface area contributed by atoms with E-state index >= 15 is 0 Å². The van der Waals surface area contributed by atoms with Crippen molar-refractivity contribution in [3.63, 3.8) is 0 Å². The van der Waals surface area contributed by atoms with Crippen LogP contribution in [-0.2, 0) is 18.0 Å². The zero-order chi connectivity index (χ0) is 29.9. The van der Waals surface area contributed by atoms with Gasteiger partial charge in [0.1, 0.15) is 11.9 Å². The Morgan fingerprint density at radius 3 is 2.49 bits per heavy atom. The molecule has 2 N–H and O–H groups in total. The van der Waals surface area contributed by atoms with Crippen LogP contribution in [0.1, 0.15) is 40.1 Å². The summed E-state index contributed by atoms with van der Waals surface area (Å²) in [6.07, 6.45) is -5.25. The molecule has 0 saturated heterocycles. The minimum atomic E-state index is -4.80. The van der Waals surface area contributed by atoms with Crippen molar-refractivity contribution in [2.45, 2.75) is 19.2 Å². The molecule has 1 aromatic carbocycles. The third-order valence-corrected chi connectivity index (χ3v) is 5.57. The number of anilines is 2. The van der Waals surface area contributed by atoms with Crippen LogP contribution in [0.4, 0.5) is 38.3 Å². The molecule has 0 radical (unpaired) electrons. The zero-order valence-electron chi connectivity index (χ0n) is 21.0. The molecule has 41 heavy (non-hydrogen) atoms. The van der Waals surface area contributed by atoms with Crippen molar-refractivity contribution in [1.82, 2.24) is 25.0 Å². The Morgan fingerprint density at radius 1 is 1.07 bits per heavy atom. The molecule has 0 aliphatic heterocycles. The summed E-state index contributed by atoms with van der Waals surface area (Å²) in [4.78, 5) is 32.4. The number of carbonyl (C=O) groups excluding carboxylic acids is 2. The van der Waals surface area contributed by atoms with Crippen molar-refractivity contribution in [3.05, 3.63) is 82.8 Å². The van der Waals surface area contributed by atoms with Gasteiger partial charge in [-0.25, -0.2) is 18.9 Å². The van der Waals surface area contributed by atoms with Crippen LogP contribution in [0.2, 0.25) is 0 Å². The predicted octanol–water partition coefficient (Wildman–Crippen LogP) is 5.00. The van der Waals surface area contributed by atoms with Gasteiger partial charge < -0.3 is 10.1 Å². The summed E-state index contributed by atoms with van der Waals surface area (Å²) in [6, 6.07) is 7.71. The summed E-state index contributed by atoms with van der Waals surface area (Å²) in [7, 11) is 1.44. The lowest BCUT2D eigenvalue weighted by Gasteiger charge is -2.15. The Balaban J connectivity index is 1.48. The number of carbonyl (C=O) groups is 2. The van der Waals surface area contributed by atoms with Gasteiger partial charge in [-0.2, -0.15) is 22.8 Å². The van der Waals surface area contributed by atoms with Crippen molar-refractivity contribution >= 4 is 23.5 Å². The van der Waals surface area contributed by atoms with E-state index in [1.54, 1.807) is 0 Å². The smallest absolute Gasteiger partial charge is 0.417 e. The summed E-state index contributed by atoms with van der Waals surface area (Å²) in [5, 5.41) is 21.3. The first-order chi connectivity index (χ1) is 19.4. The first kappa shape index (κ1) is 28.5. The molecule has 0 spiro atoms. The van der Waals surface area contributed by atoms with Gasteiger partial charge in [-0.3, -0.25) is 15.1 Å². The number of pyridine rings is 2. The highest BCUT2D eigenvalue weighted by atomic mass is 19.4. The van der Waals surface area contributed by atoms with Crippen molar-refractivity contribution in [3.8, 4) is 17.5 Å². The lowest BCUT2D eigenvalue weighted by atomic mass is 10.1. The molecule has 11 nitrogen and oxygen atoms in total. The summed E-state index contributed by atoms with van der Waals surface area (Å²) < 4.78 is 73.3. The highest BCUT2D eigenvalue weighted by molar-refractivity contribution is 6.04. The van der Waals surface area contributed by atoms with Gasteiger partial charge in [0, 0.05) is 18.9 Å². The average Bonchev–Trinajstić information content (AvgIpc) is 3.28. The normalized spacial score (nSPS) is 11.9. The number of aryl methyl sites for hydroxylation is 1. The van der Waals surface area contributed by atoms with E-state index in [1.807, 2.05) is 0 Å². The molecule has 4 aromatic rings. The van der Waals surface area contributed by atoms with E-state index in [2.05, 4.69) is 30.9 Å². The largest absolute Gasteiger partial charge is 0.441 e. The molecule has 16 heteroatoms. The second-order valence-electron chi connectivity index (χ2n) is 8.37. The van der Waals surface area contributed by atoms with Gasteiger partial charge in [-0.05, 0) is 43.3 Å². The first-order valence-electron chi connectivity index (χ1n) is 11.4. The maximum absolute atomic E-state index is 13.9. The maximum atomic E-state index is 13.9. The topological polar surface area (TPSA) is 148 Å². The molecule has 4 rings (SSSR count). The number of halogens is 5. The van der Waals surface area contributed by atoms with Gasteiger partial charge >= 0.3 is 12.3 Å². The molecule has 0 saturated carbocycles. The predicted molar refractivity (Wildman–Crippen MR) is 131 cm³/mol. The summed E-state index contributed by atoms with van der Waals surface area (Å²) in [5.74, 6) is -2.59. The molecule has 0 aliphatic carbocycles. The van der Waals surface area contributed by atoms with E-state index in [9.17, 15) is 31.5 Å². The molecule has 2 amide bonds. The second-order valence-corrected chi connectivity index (χ2v) is 8.37. The van der Waals surface area contributed by atoms with E-state index in [-0.39, 0.29) is 34.0 Å². The molecule has 0 bridgehead atoms. The molecular formula is C25H17F5N8O3. The van der Waals surface area contributed by atoms with Crippen LogP contribution in [0.15, 0.2) is 48.8 Å². The molecule has 0 unspecified atom stereocenters.